The molecule has 0 aliphatic carbocycles. The molecule has 0 unspecified atom stereocenters. The summed E-state index contributed by atoms with van der Waals surface area (Å²) >= 11 is 0. The molecular weight excluding hydrogens is 377 g/mol. The van der Waals surface area contributed by atoms with Crippen molar-refractivity contribution in [2.45, 2.75) is 32.3 Å². The van der Waals surface area contributed by atoms with E-state index < -0.39 is 11.8 Å². The highest BCUT2D eigenvalue weighted by molar-refractivity contribution is 5.97. The van der Waals surface area contributed by atoms with E-state index in [0.29, 0.717) is 23.4 Å². The largest absolute Gasteiger partial charge is 0.487 e. The highest BCUT2D eigenvalue weighted by Crippen LogP contribution is 2.37. The number of aryl methyl sites for hydroxylation is 2. The van der Waals surface area contributed by atoms with Gasteiger partial charge in [0.1, 0.15) is 24.8 Å². The van der Waals surface area contributed by atoms with Crippen molar-refractivity contribution in [1.29, 1.82) is 0 Å². The molecule has 2 aromatic carbocycles. The fourth-order valence-corrected chi connectivity index (χ4v) is 3.47. The second-order valence-corrected chi connectivity index (χ2v) is 6.95. The molecule has 154 valence electrons. The van der Waals surface area contributed by atoms with Crippen LogP contribution >= 0.6 is 0 Å². The Labute approximate surface area is 168 Å². The molecule has 2 aromatic rings. The first kappa shape index (κ1) is 20.8. The Kier molecular flexibility index (Phi) is 6.82. The Morgan fingerprint density at radius 1 is 1.24 bits per heavy atom. The van der Waals surface area contributed by atoms with Gasteiger partial charge in [0.05, 0.1) is 5.69 Å². The molecule has 6 nitrogen and oxygen atoms in total. The number of benzene rings is 2. The number of hydrogen-bond acceptors (Lipinski definition) is 4. The van der Waals surface area contributed by atoms with Gasteiger partial charge in [-0.2, -0.15) is 0 Å². The topological polar surface area (TPSA) is 76.1 Å². The maximum atomic E-state index is 14.2. The number of carboxylic acid groups (broad SMARTS) is 1. The molecule has 1 heterocycles. The molecule has 1 amide bonds. The van der Waals surface area contributed by atoms with Gasteiger partial charge in [0.25, 0.3) is 5.91 Å². The number of halogens is 1. The monoisotopic (exact) mass is 401 g/mol. The van der Waals surface area contributed by atoms with Gasteiger partial charge in [0.2, 0.25) is 0 Å². The smallest absolute Gasteiger partial charge is 0.303 e. The molecule has 0 atom stereocenters. The normalized spacial score (nSPS) is 13.1. The molecule has 0 aromatic heterocycles. The van der Waals surface area contributed by atoms with E-state index in [-0.39, 0.29) is 32.0 Å². The minimum Gasteiger partial charge on any atom is -0.487 e. The molecule has 0 radical (unpaired) electrons. The third-order valence-corrected chi connectivity index (χ3v) is 4.87. The van der Waals surface area contributed by atoms with Crippen LogP contribution in [0.15, 0.2) is 36.4 Å². The van der Waals surface area contributed by atoms with E-state index >= 15 is 0 Å². The minimum absolute atomic E-state index is 0.00318. The van der Waals surface area contributed by atoms with Gasteiger partial charge in [-0.25, -0.2) is 4.39 Å². The molecule has 29 heavy (non-hydrogen) atoms. The summed E-state index contributed by atoms with van der Waals surface area (Å²) in [5.41, 5.74) is 2.78. The van der Waals surface area contributed by atoms with Crippen LogP contribution in [0.1, 0.15) is 29.5 Å². The summed E-state index contributed by atoms with van der Waals surface area (Å²) in [5.74, 6) is -0.960. The van der Waals surface area contributed by atoms with E-state index in [1.807, 2.05) is 12.1 Å². The fourth-order valence-electron chi connectivity index (χ4n) is 3.47. The number of carboxylic acids is 1. The molecule has 1 aliphatic heterocycles. The van der Waals surface area contributed by atoms with Crippen LogP contribution in [-0.4, -0.2) is 37.2 Å². The Morgan fingerprint density at radius 3 is 2.79 bits per heavy atom. The van der Waals surface area contributed by atoms with Crippen LogP contribution in [0.25, 0.3) is 0 Å². The predicted octanol–water partition coefficient (Wildman–Crippen LogP) is 3.35. The third-order valence-electron chi connectivity index (χ3n) is 4.87. The Bertz CT molecular complexity index is 899. The van der Waals surface area contributed by atoms with Gasteiger partial charge in [0, 0.05) is 20.1 Å². The van der Waals surface area contributed by atoms with Crippen molar-refractivity contribution < 1.29 is 28.6 Å². The molecule has 0 saturated carbocycles. The summed E-state index contributed by atoms with van der Waals surface area (Å²) in [6.45, 7) is 0.734. The summed E-state index contributed by atoms with van der Waals surface area (Å²) in [7, 11) is 1.49. The van der Waals surface area contributed by atoms with Crippen molar-refractivity contribution in [2.75, 3.05) is 25.2 Å². The van der Waals surface area contributed by atoms with Crippen LogP contribution in [0.2, 0.25) is 0 Å². The van der Waals surface area contributed by atoms with Gasteiger partial charge < -0.3 is 19.5 Å². The molecule has 1 aliphatic rings. The molecule has 0 fully saturated rings. The molecule has 0 spiro atoms. The second-order valence-electron chi connectivity index (χ2n) is 6.95. The Morgan fingerprint density at radius 2 is 2.07 bits per heavy atom. The molecule has 0 saturated heterocycles. The molecule has 7 heteroatoms. The van der Waals surface area contributed by atoms with Crippen LogP contribution in [0.3, 0.4) is 0 Å². The van der Waals surface area contributed by atoms with E-state index in [9.17, 15) is 14.0 Å². The first-order chi connectivity index (χ1) is 14.0. The number of para-hydroxylation sites is 1. The third kappa shape index (κ3) is 5.12. The van der Waals surface area contributed by atoms with Crippen molar-refractivity contribution in [1.82, 2.24) is 0 Å². The van der Waals surface area contributed by atoms with Gasteiger partial charge in [-0.3, -0.25) is 9.59 Å². The number of hydrogen-bond donors (Lipinski definition) is 1. The van der Waals surface area contributed by atoms with Gasteiger partial charge in [-0.05, 0) is 48.1 Å². The second kappa shape index (κ2) is 9.52. The lowest BCUT2D eigenvalue weighted by atomic mass is 10.0. The summed E-state index contributed by atoms with van der Waals surface area (Å²) < 4.78 is 25.2. The molecule has 3 rings (SSSR count). The fraction of sp³-hybridized carbons (Fsp3) is 0.364. The zero-order chi connectivity index (χ0) is 20.8. The average molecular weight is 401 g/mol. The lowest BCUT2D eigenvalue weighted by Crippen LogP contribution is -2.38. The zero-order valence-corrected chi connectivity index (χ0v) is 16.3. The van der Waals surface area contributed by atoms with Gasteiger partial charge in [-0.15, -0.1) is 0 Å². The van der Waals surface area contributed by atoms with Crippen LogP contribution in [0, 0.1) is 5.82 Å². The van der Waals surface area contributed by atoms with Crippen LogP contribution < -0.4 is 9.64 Å². The van der Waals surface area contributed by atoms with Crippen molar-refractivity contribution >= 4 is 17.6 Å². The van der Waals surface area contributed by atoms with Crippen molar-refractivity contribution in [2.24, 2.45) is 0 Å². The lowest BCUT2D eigenvalue weighted by Gasteiger charge is -2.31. The van der Waals surface area contributed by atoms with E-state index in [2.05, 4.69) is 0 Å². The summed E-state index contributed by atoms with van der Waals surface area (Å²) in [4.78, 5) is 24.8. The zero-order valence-electron chi connectivity index (χ0n) is 16.3. The minimum atomic E-state index is -0.960. The molecular formula is C22H24FNO5. The highest BCUT2D eigenvalue weighted by atomic mass is 19.1. The number of aliphatic carboxylic acids is 1. The summed E-state index contributed by atoms with van der Waals surface area (Å²) in [5, 5.41) is 8.74. The van der Waals surface area contributed by atoms with Gasteiger partial charge in [0.15, 0.2) is 0 Å². The molecule has 0 bridgehead atoms. The number of nitrogens with zero attached hydrogens (tertiary/aromatic N) is 1. The standard InChI is InChI=1S/C22H24FNO5/c1-28-14-20(25)24-11-3-5-17-4-2-6-19(22(17)24)29-13-15-7-8-16(18(23)12-15)9-10-21(26)27/h2,4,6-8,12H,3,5,9-11,13-14H2,1H3,(H,26,27). The van der Waals surface area contributed by atoms with Crippen molar-refractivity contribution in [3.05, 3.63) is 58.9 Å². The van der Waals surface area contributed by atoms with E-state index in [4.69, 9.17) is 14.6 Å². The van der Waals surface area contributed by atoms with Crippen molar-refractivity contribution in [3.63, 3.8) is 0 Å². The number of carbonyl (C=O) groups is 2. The quantitative estimate of drug-likeness (QED) is 0.734. The van der Waals surface area contributed by atoms with E-state index in [0.717, 1.165) is 24.1 Å². The highest BCUT2D eigenvalue weighted by Gasteiger charge is 2.26. The predicted molar refractivity (Wildman–Crippen MR) is 106 cm³/mol. The van der Waals surface area contributed by atoms with Crippen LogP contribution in [0.4, 0.5) is 10.1 Å². The average Bonchev–Trinajstić information content (AvgIpc) is 2.71. The number of amides is 1. The Balaban J connectivity index is 1.75. The maximum Gasteiger partial charge on any atom is 0.303 e. The molecule has 1 N–H and O–H groups in total. The van der Waals surface area contributed by atoms with E-state index in [1.54, 1.807) is 23.1 Å². The lowest BCUT2D eigenvalue weighted by molar-refractivity contribution is -0.137. The van der Waals surface area contributed by atoms with Crippen molar-refractivity contribution in [3.8, 4) is 5.75 Å². The number of ether oxygens (including phenoxy) is 2. The van der Waals surface area contributed by atoms with Gasteiger partial charge >= 0.3 is 5.97 Å². The van der Waals surface area contributed by atoms with Crippen LogP contribution in [-0.2, 0) is 33.8 Å². The maximum absolute atomic E-state index is 14.2. The first-order valence-electron chi connectivity index (χ1n) is 9.52. The summed E-state index contributed by atoms with van der Waals surface area (Å²) in [6, 6.07) is 10.3. The number of anilines is 1. The number of rotatable bonds is 8. The SMILES string of the molecule is COCC(=O)N1CCCc2cccc(OCc3ccc(CCC(=O)O)c(F)c3)c21. The Hall–Kier alpha value is -2.93. The number of methoxy groups -OCH3 is 1. The summed E-state index contributed by atoms with van der Waals surface area (Å²) in [6.07, 6.45) is 1.75. The first-order valence-corrected chi connectivity index (χ1v) is 9.52. The number of fused-ring (bicyclic) bond motifs is 1. The number of carbonyl (C=O) groups excluding carboxylic acids is 1. The van der Waals surface area contributed by atoms with E-state index in [1.165, 1.54) is 13.2 Å². The van der Waals surface area contributed by atoms with Crippen LogP contribution in [0.5, 0.6) is 5.75 Å². The van der Waals surface area contributed by atoms with Gasteiger partial charge in [-0.1, -0.05) is 24.3 Å².